The molecule has 0 aromatic carbocycles. The fourth-order valence-electron chi connectivity index (χ4n) is 0.810. The van der Waals surface area contributed by atoms with Crippen molar-refractivity contribution in [3.8, 4) is 0 Å². The third-order valence-electron chi connectivity index (χ3n) is 0.941. The molecular weight excluding hydrogens is 126 g/mol. The van der Waals surface area contributed by atoms with Crippen molar-refractivity contribution >= 4 is 0 Å². The summed E-state index contributed by atoms with van der Waals surface area (Å²) < 4.78 is 6.07. The van der Waals surface area contributed by atoms with Crippen molar-refractivity contribution in [3.05, 3.63) is 12.0 Å². The van der Waals surface area contributed by atoms with Crippen LogP contribution in [0.2, 0.25) is 0 Å². The maximum Gasteiger partial charge on any atom is 0.146 e. The van der Waals surface area contributed by atoms with Gasteiger partial charge in [-0.3, -0.25) is 0 Å². The van der Waals surface area contributed by atoms with Gasteiger partial charge >= 0.3 is 0 Å². The lowest BCUT2D eigenvalue weighted by molar-refractivity contribution is -0.818. The number of hydrogen-bond donors (Lipinski definition) is 0. The molecule has 2 heteroatoms. The summed E-state index contributed by atoms with van der Waals surface area (Å²) in [5, 5.41) is 0. The van der Waals surface area contributed by atoms with E-state index in [1.807, 2.05) is 13.8 Å². The zero-order valence-electron chi connectivity index (χ0n) is 7.64. The van der Waals surface area contributed by atoms with Gasteiger partial charge < -0.3 is 9.22 Å². The van der Waals surface area contributed by atoms with E-state index in [9.17, 15) is 0 Å². The summed E-state index contributed by atoms with van der Waals surface area (Å²) in [5.74, 6) is 0.995. The highest BCUT2D eigenvalue weighted by atomic mass is 16.5. The van der Waals surface area contributed by atoms with Crippen molar-refractivity contribution < 1.29 is 9.22 Å². The van der Waals surface area contributed by atoms with Crippen molar-refractivity contribution in [2.45, 2.75) is 13.8 Å². The van der Waals surface area contributed by atoms with Crippen molar-refractivity contribution in [1.82, 2.24) is 0 Å². The van der Waals surface area contributed by atoms with Gasteiger partial charge in [0.15, 0.2) is 0 Å². The predicted molar refractivity (Wildman–Crippen MR) is 43.4 cm³/mol. The van der Waals surface area contributed by atoms with E-state index in [-0.39, 0.29) is 0 Å². The van der Waals surface area contributed by atoms with Crippen LogP contribution in [0.3, 0.4) is 0 Å². The molecule has 0 saturated carbocycles. The Morgan fingerprint density at radius 1 is 1.40 bits per heavy atom. The van der Waals surface area contributed by atoms with E-state index < -0.39 is 0 Å². The first-order valence-electron chi connectivity index (χ1n) is 3.59. The molecule has 0 N–H and O–H groups in total. The van der Waals surface area contributed by atoms with Gasteiger partial charge in [-0.1, -0.05) is 0 Å². The molecule has 0 aromatic rings. The Hall–Kier alpha value is -0.500. The van der Waals surface area contributed by atoms with Crippen LogP contribution < -0.4 is 0 Å². The van der Waals surface area contributed by atoms with E-state index in [2.05, 4.69) is 27.3 Å². The lowest BCUT2D eigenvalue weighted by atomic mass is 10.5. The van der Waals surface area contributed by atoms with Crippen molar-refractivity contribution in [1.29, 1.82) is 0 Å². The molecule has 0 rings (SSSR count). The second-order valence-electron chi connectivity index (χ2n) is 3.29. The van der Waals surface area contributed by atoms with Gasteiger partial charge in [0.2, 0.25) is 0 Å². The molecule has 0 saturated heterocycles. The third-order valence-corrected chi connectivity index (χ3v) is 0.941. The lowest BCUT2D eigenvalue weighted by Gasteiger charge is -2.18. The Morgan fingerprint density at radius 2 is 1.90 bits per heavy atom. The fraction of sp³-hybridized carbons (Fsp3) is 0.750. The second kappa shape index (κ2) is 3.62. The minimum Gasteiger partial charge on any atom is -0.493 e. The minimum atomic E-state index is 0.752. The summed E-state index contributed by atoms with van der Waals surface area (Å²) in [5.41, 5.74) is 0. The molecule has 2 nitrogen and oxygen atoms in total. The first-order chi connectivity index (χ1) is 4.45. The number of hydrogen-bond acceptors (Lipinski definition) is 1. The summed E-state index contributed by atoms with van der Waals surface area (Å²) in [6, 6.07) is 0. The van der Waals surface area contributed by atoms with Gasteiger partial charge in [-0.05, 0) is 13.8 Å². The number of ether oxygens (including phenoxy) is 1. The monoisotopic (exact) mass is 144 g/mol. The molecule has 0 aliphatic carbocycles. The Labute approximate surface area is 63.7 Å². The largest absolute Gasteiger partial charge is 0.493 e. The highest BCUT2D eigenvalue weighted by Gasteiger charge is 2.02. The summed E-state index contributed by atoms with van der Waals surface area (Å²) in [4.78, 5) is 0. The molecule has 0 unspecified atom stereocenters. The molecule has 0 heterocycles. The summed E-state index contributed by atoms with van der Waals surface area (Å²) in [6.45, 7) is 4.72. The average Bonchev–Trinajstić information content (AvgIpc) is 1.59. The number of rotatable bonds is 3. The van der Waals surface area contributed by atoms with E-state index in [1.54, 1.807) is 0 Å². The molecule has 60 valence electrons. The first kappa shape index (κ1) is 9.50. The van der Waals surface area contributed by atoms with Crippen molar-refractivity contribution in [3.63, 3.8) is 0 Å². The van der Waals surface area contributed by atoms with Gasteiger partial charge in [-0.25, -0.2) is 0 Å². The smallest absolute Gasteiger partial charge is 0.146 e. The van der Waals surface area contributed by atoms with Crippen LogP contribution in [0.4, 0.5) is 0 Å². The molecule has 0 amide bonds. The van der Waals surface area contributed by atoms with Crippen LogP contribution in [0.15, 0.2) is 12.0 Å². The van der Waals surface area contributed by atoms with Gasteiger partial charge in [0.1, 0.15) is 12.0 Å². The van der Waals surface area contributed by atoms with E-state index in [0.29, 0.717) is 0 Å². The Kier molecular flexibility index (Phi) is 3.43. The summed E-state index contributed by atoms with van der Waals surface area (Å²) >= 11 is 0. The second-order valence-corrected chi connectivity index (χ2v) is 3.29. The van der Waals surface area contributed by atoms with Crippen LogP contribution in [0.5, 0.6) is 0 Å². The standard InChI is InChI=1S/C8H18NO/c1-6-10-8(2)7-9(3,4)5/h7H,6H2,1-5H3/q+1. The molecule has 0 spiro atoms. The first-order valence-corrected chi connectivity index (χ1v) is 3.59. The average molecular weight is 144 g/mol. The highest BCUT2D eigenvalue weighted by Crippen LogP contribution is 2.00. The van der Waals surface area contributed by atoms with Crippen LogP contribution in [0, 0.1) is 0 Å². The predicted octanol–water partition coefficient (Wildman–Crippen LogP) is 1.59. The fourth-order valence-corrected chi connectivity index (χ4v) is 0.810. The van der Waals surface area contributed by atoms with Crippen LogP contribution in [0.25, 0.3) is 0 Å². The molecule has 0 radical (unpaired) electrons. The minimum absolute atomic E-state index is 0.752. The lowest BCUT2D eigenvalue weighted by Crippen LogP contribution is -2.27. The zero-order valence-corrected chi connectivity index (χ0v) is 7.64. The van der Waals surface area contributed by atoms with E-state index >= 15 is 0 Å². The normalized spacial score (nSPS) is 13.5. The van der Waals surface area contributed by atoms with Gasteiger partial charge in [0, 0.05) is 0 Å². The van der Waals surface area contributed by atoms with Crippen LogP contribution >= 0.6 is 0 Å². The topological polar surface area (TPSA) is 9.23 Å². The van der Waals surface area contributed by atoms with E-state index in [4.69, 9.17) is 4.74 Å². The van der Waals surface area contributed by atoms with Gasteiger partial charge in [0.05, 0.1) is 27.7 Å². The van der Waals surface area contributed by atoms with Crippen LogP contribution in [-0.2, 0) is 4.74 Å². The highest BCUT2D eigenvalue weighted by molar-refractivity contribution is 4.80. The molecular formula is C8H18NO+. The SMILES string of the molecule is CCOC(C)=C[N+](C)(C)C. The molecule has 0 aliphatic heterocycles. The van der Waals surface area contributed by atoms with Crippen molar-refractivity contribution in [2.75, 3.05) is 27.7 Å². The van der Waals surface area contributed by atoms with Crippen LogP contribution in [0.1, 0.15) is 13.8 Å². The zero-order chi connectivity index (χ0) is 8.20. The molecule has 0 aromatic heterocycles. The van der Waals surface area contributed by atoms with E-state index in [0.717, 1.165) is 16.8 Å². The molecule has 10 heavy (non-hydrogen) atoms. The third kappa shape index (κ3) is 5.63. The number of nitrogens with zero attached hydrogens (tertiary/aromatic N) is 1. The van der Waals surface area contributed by atoms with Crippen molar-refractivity contribution in [2.24, 2.45) is 0 Å². The quantitative estimate of drug-likeness (QED) is 0.432. The molecule has 0 bridgehead atoms. The Morgan fingerprint density at radius 3 is 2.20 bits per heavy atom. The molecule has 0 aliphatic rings. The Balaban J connectivity index is 3.90. The maximum atomic E-state index is 5.26. The van der Waals surface area contributed by atoms with Gasteiger partial charge in [-0.15, -0.1) is 0 Å². The number of quaternary nitrogens is 1. The summed E-state index contributed by atoms with van der Waals surface area (Å²) in [6.07, 6.45) is 2.07. The number of allylic oxidation sites excluding steroid dienone is 1. The van der Waals surface area contributed by atoms with Gasteiger partial charge in [0.25, 0.3) is 0 Å². The Bertz CT molecular complexity index is 122. The van der Waals surface area contributed by atoms with Gasteiger partial charge in [-0.2, -0.15) is 0 Å². The van der Waals surface area contributed by atoms with E-state index in [1.165, 1.54) is 0 Å². The van der Waals surface area contributed by atoms with Crippen LogP contribution in [-0.4, -0.2) is 32.2 Å². The molecule has 0 fully saturated rings. The summed E-state index contributed by atoms with van der Waals surface area (Å²) in [7, 11) is 6.30. The maximum absolute atomic E-state index is 5.26. The molecule has 0 atom stereocenters.